The number of nitrogens with zero attached hydrogens (tertiary/aromatic N) is 1. The van der Waals surface area contributed by atoms with Crippen molar-refractivity contribution in [3.05, 3.63) is 23.4 Å². The van der Waals surface area contributed by atoms with Gasteiger partial charge in [0, 0.05) is 12.7 Å². The number of rotatable bonds is 3. The molecule has 2 N–H and O–H groups in total. The Morgan fingerprint density at radius 2 is 1.94 bits per heavy atom. The van der Waals surface area contributed by atoms with Crippen LogP contribution in [0, 0.1) is 5.41 Å². The maximum absolute atomic E-state index is 10.5. The summed E-state index contributed by atoms with van der Waals surface area (Å²) < 4.78 is 0. The smallest absolute Gasteiger partial charge is 0.126 e. The van der Waals surface area contributed by atoms with Gasteiger partial charge >= 0.3 is 0 Å². The van der Waals surface area contributed by atoms with Crippen molar-refractivity contribution in [2.45, 2.75) is 45.1 Å². The monoisotopic (exact) mass is 268 g/mol. The van der Waals surface area contributed by atoms with Gasteiger partial charge in [0.05, 0.1) is 10.6 Å². The third-order valence-corrected chi connectivity index (χ3v) is 4.08. The van der Waals surface area contributed by atoms with E-state index in [0.29, 0.717) is 17.0 Å². The topological polar surface area (TPSA) is 45.1 Å². The predicted octanol–water partition coefficient (Wildman–Crippen LogP) is 3.48. The Bertz CT molecular complexity index is 393. The highest BCUT2D eigenvalue weighted by atomic mass is 35.5. The van der Waals surface area contributed by atoms with Gasteiger partial charge in [0.2, 0.25) is 0 Å². The van der Waals surface area contributed by atoms with Crippen LogP contribution in [0.1, 0.15) is 39.5 Å². The van der Waals surface area contributed by atoms with Crippen molar-refractivity contribution in [1.82, 2.24) is 4.98 Å². The molecule has 1 aliphatic rings. The molecule has 100 valence electrons. The largest absolute Gasteiger partial charge is 0.388 e. The number of halogens is 1. The van der Waals surface area contributed by atoms with E-state index in [1.54, 1.807) is 12.3 Å². The van der Waals surface area contributed by atoms with E-state index >= 15 is 0 Å². The zero-order chi connectivity index (χ0) is 13.2. The molecule has 0 aromatic carbocycles. The molecule has 1 aromatic heterocycles. The van der Waals surface area contributed by atoms with Gasteiger partial charge in [0.1, 0.15) is 5.82 Å². The highest BCUT2D eigenvalue weighted by Gasteiger charge is 2.36. The van der Waals surface area contributed by atoms with E-state index in [0.717, 1.165) is 31.5 Å². The summed E-state index contributed by atoms with van der Waals surface area (Å²) in [5.41, 5.74) is -0.235. The second-order valence-electron chi connectivity index (χ2n) is 6.10. The van der Waals surface area contributed by atoms with E-state index in [1.165, 1.54) is 0 Å². The van der Waals surface area contributed by atoms with Crippen molar-refractivity contribution in [3.8, 4) is 0 Å². The van der Waals surface area contributed by atoms with Crippen LogP contribution < -0.4 is 5.32 Å². The Morgan fingerprint density at radius 3 is 2.50 bits per heavy atom. The molecule has 4 heteroatoms. The standard InChI is InChI=1S/C14H21ClN2O/c1-13(2)5-7-14(18,8-6-13)10-17-12-4-3-11(15)9-16-12/h3-4,9,18H,5-8,10H2,1-2H3,(H,16,17). The molecule has 2 rings (SSSR count). The van der Waals surface area contributed by atoms with Crippen LogP contribution >= 0.6 is 11.6 Å². The van der Waals surface area contributed by atoms with Crippen LogP contribution in [0.2, 0.25) is 5.02 Å². The van der Waals surface area contributed by atoms with Crippen LogP contribution in [0.15, 0.2) is 18.3 Å². The summed E-state index contributed by atoms with van der Waals surface area (Å²) in [4.78, 5) is 4.17. The number of nitrogens with one attached hydrogen (secondary N) is 1. The minimum absolute atomic E-state index is 0.366. The number of aromatic nitrogens is 1. The average Bonchev–Trinajstić information content (AvgIpc) is 2.33. The molecule has 0 bridgehead atoms. The summed E-state index contributed by atoms with van der Waals surface area (Å²) in [5.74, 6) is 0.762. The van der Waals surface area contributed by atoms with Crippen LogP contribution in [-0.2, 0) is 0 Å². The van der Waals surface area contributed by atoms with Gasteiger partial charge in [0.15, 0.2) is 0 Å². The summed E-state index contributed by atoms with van der Waals surface area (Å²) in [7, 11) is 0. The third kappa shape index (κ3) is 3.59. The molecule has 0 saturated heterocycles. The maximum atomic E-state index is 10.5. The first-order chi connectivity index (χ1) is 8.39. The fourth-order valence-electron chi connectivity index (χ4n) is 2.30. The number of hydrogen-bond acceptors (Lipinski definition) is 3. The van der Waals surface area contributed by atoms with E-state index in [-0.39, 0.29) is 0 Å². The second kappa shape index (κ2) is 5.06. The van der Waals surface area contributed by atoms with Gasteiger partial charge in [-0.1, -0.05) is 25.4 Å². The van der Waals surface area contributed by atoms with Crippen molar-refractivity contribution in [3.63, 3.8) is 0 Å². The molecule has 1 aromatic rings. The highest BCUT2D eigenvalue weighted by Crippen LogP contribution is 2.40. The lowest BCUT2D eigenvalue weighted by atomic mass is 9.71. The van der Waals surface area contributed by atoms with Gasteiger partial charge in [-0.2, -0.15) is 0 Å². The first-order valence-electron chi connectivity index (χ1n) is 6.47. The lowest BCUT2D eigenvalue weighted by Gasteiger charge is -2.40. The summed E-state index contributed by atoms with van der Waals surface area (Å²) >= 11 is 5.78. The van der Waals surface area contributed by atoms with Gasteiger partial charge in [-0.3, -0.25) is 0 Å². The Hall–Kier alpha value is -0.800. The van der Waals surface area contributed by atoms with E-state index in [4.69, 9.17) is 11.6 Å². The summed E-state index contributed by atoms with van der Waals surface area (Å²) in [6, 6.07) is 3.63. The molecular formula is C14H21ClN2O. The van der Waals surface area contributed by atoms with Crippen LogP contribution in [0.3, 0.4) is 0 Å². The minimum atomic E-state index is -0.600. The fraction of sp³-hybridized carbons (Fsp3) is 0.643. The summed E-state index contributed by atoms with van der Waals surface area (Å²) in [6.07, 6.45) is 5.44. The Morgan fingerprint density at radius 1 is 1.28 bits per heavy atom. The number of pyridine rings is 1. The van der Waals surface area contributed by atoms with E-state index in [9.17, 15) is 5.11 Å². The van der Waals surface area contributed by atoms with Crippen molar-refractivity contribution in [2.24, 2.45) is 5.41 Å². The van der Waals surface area contributed by atoms with Crippen LogP contribution in [0.4, 0.5) is 5.82 Å². The summed E-state index contributed by atoms with van der Waals surface area (Å²) in [6.45, 7) is 5.08. The Kier molecular flexibility index (Phi) is 3.83. The molecule has 1 fully saturated rings. The molecular weight excluding hydrogens is 248 g/mol. The third-order valence-electron chi connectivity index (χ3n) is 3.86. The number of hydrogen-bond donors (Lipinski definition) is 2. The van der Waals surface area contributed by atoms with Crippen molar-refractivity contribution < 1.29 is 5.11 Å². The van der Waals surface area contributed by atoms with Crippen molar-refractivity contribution in [2.75, 3.05) is 11.9 Å². The SMILES string of the molecule is CC1(C)CCC(O)(CNc2ccc(Cl)cn2)CC1. The van der Waals surface area contributed by atoms with Gasteiger partial charge in [-0.15, -0.1) is 0 Å². The molecule has 0 amide bonds. The molecule has 0 spiro atoms. The molecule has 1 saturated carbocycles. The molecule has 1 aliphatic carbocycles. The zero-order valence-electron chi connectivity index (χ0n) is 11.0. The quantitative estimate of drug-likeness (QED) is 0.882. The second-order valence-corrected chi connectivity index (χ2v) is 6.54. The van der Waals surface area contributed by atoms with Gasteiger partial charge in [-0.25, -0.2) is 4.98 Å². The van der Waals surface area contributed by atoms with Crippen LogP contribution in [0.25, 0.3) is 0 Å². The Labute approximate surface area is 114 Å². The number of aliphatic hydroxyl groups is 1. The fourth-order valence-corrected chi connectivity index (χ4v) is 2.42. The lowest BCUT2D eigenvalue weighted by molar-refractivity contribution is -0.0145. The molecule has 0 unspecified atom stereocenters. The van der Waals surface area contributed by atoms with E-state index in [1.807, 2.05) is 6.07 Å². The number of anilines is 1. The predicted molar refractivity (Wildman–Crippen MR) is 74.9 cm³/mol. The average molecular weight is 269 g/mol. The highest BCUT2D eigenvalue weighted by molar-refractivity contribution is 6.30. The summed E-state index contributed by atoms with van der Waals surface area (Å²) in [5, 5.41) is 14.3. The zero-order valence-corrected chi connectivity index (χ0v) is 11.8. The van der Waals surface area contributed by atoms with Crippen LogP contribution in [-0.4, -0.2) is 22.2 Å². The molecule has 18 heavy (non-hydrogen) atoms. The van der Waals surface area contributed by atoms with Crippen molar-refractivity contribution in [1.29, 1.82) is 0 Å². The van der Waals surface area contributed by atoms with E-state index in [2.05, 4.69) is 24.1 Å². The Balaban J connectivity index is 1.88. The minimum Gasteiger partial charge on any atom is -0.388 e. The first-order valence-corrected chi connectivity index (χ1v) is 6.84. The normalized spacial score (nSPS) is 21.6. The van der Waals surface area contributed by atoms with Crippen LogP contribution in [0.5, 0.6) is 0 Å². The maximum Gasteiger partial charge on any atom is 0.126 e. The lowest BCUT2D eigenvalue weighted by Crippen LogP contribution is -2.42. The van der Waals surface area contributed by atoms with Gasteiger partial charge in [0.25, 0.3) is 0 Å². The van der Waals surface area contributed by atoms with Gasteiger partial charge in [-0.05, 0) is 43.2 Å². The molecule has 0 atom stereocenters. The molecule has 0 aliphatic heterocycles. The van der Waals surface area contributed by atoms with E-state index < -0.39 is 5.60 Å². The molecule has 0 radical (unpaired) electrons. The van der Waals surface area contributed by atoms with Crippen molar-refractivity contribution >= 4 is 17.4 Å². The molecule has 1 heterocycles. The molecule has 3 nitrogen and oxygen atoms in total. The van der Waals surface area contributed by atoms with Gasteiger partial charge < -0.3 is 10.4 Å². The first kappa shape index (κ1) is 13.6.